The second kappa shape index (κ2) is 10.3. The van der Waals surface area contributed by atoms with Gasteiger partial charge in [-0.1, -0.05) is 17.3 Å². The average molecular weight is 453 g/mol. The zero-order valence-electron chi connectivity index (χ0n) is 19.6. The summed E-state index contributed by atoms with van der Waals surface area (Å²) in [4.78, 5) is 9.81. The standard InChI is InChI=1S/C24H32N6O3/c1-14-22(21-15(2)30-33-16(21)3)28-24(29-23(14)27-18-8-9-26-11-18)17-6-5-7-20(10-17)32-13-19(31)12-25-4/h5-7,10,18-19,25-26,31H,8-9,11-13H2,1-4H3,(H,27,28,29). The fraction of sp³-hybridized carbons (Fsp3) is 0.458. The Balaban J connectivity index is 1.72. The normalized spacial score (nSPS) is 16.7. The number of likely N-dealkylation sites (N-methyl/N-ethyl adjacent to an activating group) is 1. The van der Waals surface area contributed by atoms with Crippen LogP contribution in [0.1, 0.15) is 23.4 Å². The van der Waals surface area contributed by atoms with Crippen molar-refractivity contribution in [3.8, 4) is 28.4 Å². The monoisotopic (exact) mass is 452 g/mol. The molecule has 9 nitrogen and oxygen atoms in total. The summed E-state index contributed by atoms with van der Waals surface area (Å²) >= 11 is 0. The number of rotatable bonds is 9. The quantitative estimate of drug-likeness (QED) is 0.388. The van der Waals surface area contributed by atoms with Gasteiger partial charge in [-0.15, -0.1) is 0 Å². The van der Waals surface area contributed by atoms with Crippen molar-refractivity contribution in [3.63, 3.8) is 0 Å². The second-order valence-electron chi connectivity index (χ2n) is 8.45. The average Bonchev–Trinajstić information content (AvgIpc) is 3.44. The van der Waals surface area contributed by atoms with Crippen molar-refractivity contribution in [2.24, 2.45) is 0 Å². The maximum absolute atomic E-state index is 9.95. The predicted octanol–water partition coefficient (Wildman–Crippen LogP) is 2.46. The summed E-state index contributed by atoms with van der Waals surface area (Å²) in [5, 5.41) is 24.0. The van der Waals surface area contributed by atoms with Gasteiger partial charge in [0.05, 0.1) is 17.0 Å². The molecule has 1 aliphatic rings. The summed E-state index contributed by atoms with van der Waals surface area (Å²) in [6.07, 6.45) is 0.453. The molecular formula is C24H32N6O3. The Morgan fingerprint density at radius 3 is 2.82 bits per heavy atom. The SMILES string of the molecule is CNCC(O)COc1cccc(-c2nc(NC3CCNC3)c(C)c(-c3c(C)noc3C)n2)c1. The van der Waals surface area contributed by atoms with Crippen LogP contribution < -0.4 is 20.7 Å². The number of nitrogens with one attached hydrogen (secondary N) is 3. The highest BCUT2D eigenvalue weighted by Gasteiger charge is 2.22. The highest BCUT2D eigenvalue weighted by molar-refractivity contribution is 5.74. The molecular weight excluding hydrogens is 420 g/mol. The summed E-state index contributed by atoms with van der Waals surface area (Å²) in [5.74, 6) is 2.77. The Kier molecular flexibility index (Phi) is 7.22. The number of aromatic nitrogens is 3. The molecule has 0 saturated carbocycles. The van der Waals surface area contributed by atoms with Crippen LogP contribution in [0.4, 0.5) is 5.82 Å². The van der Waals surface area contributed by atoms with Crippen molar-refractivity contribution in [2.45, 2.75) is 39.3 Å². The molecule has 2 unspecified atom stereocenters. The van der Waals surface area contributed by atoms with Crippen LogP contribution >= 0.6 is 0 Å². The fourth-order valence-electron chi connectivity index (χ4n) is 4.03. The molecule has 2 atom stereocenters. The van der Waals surface area contributed by atoms with E-state index in [4.69, 9.17) is 19.2 Å². The second-order valence-corrected chi connectivity index (χ2v) is 8.45. The van der Waals surface area contributed by atoms with Gasteiger partial charge in [0.15, 0.2) is 5.82 Å². The Hall–Kier alpha value is -3.01. The van der Waals surface area contributed by atoms with Gasteiger partial charge in [0.25, 0.3) is 0 Å². The van der Waals surface area contributed by atoms with Gasteiger partial charge in [-0.3, -0.25) is 0 Å². The van der Waals surface area contributed by atoms with Crippen molar-refractivity contribution in [3.05, 3.63) is 41.3 Å². The van der Waals surface area contributed by atoms with Crippen LogP contribution in [0.2, 0.25) is 0 Å². The van der Waals surface area contributed by atoms with Gasteiger partial charge in [0, 0.05) is 30.3 Å². The van der Waals surface area contributed by atoms with Crippen molar-refractivity contribution in [1.29, 1.82) is 0 Å². The molecule has 1 saturated heterocycles. The van der Waals surface area contributed by atoms with Gasteiger partial charge < -0.3 is 30.3 Å². The molecule has 1 aromatic carbocycles. The van der Waals surface area contributed by atoms with E-state index in [2.05, 4.69) is 21.1 Å². The summed E-state index contributed by atoms with van der Waals surface area (Å²) in [7, 11) is 1.79. The van der Waals surface area contributed by atoms with E-state index in [0.717, 1.165) is 59.2 Å². The maximum Gasteiger partial charge on any atom is 0.162 e. The smallest absolute Gasteiger partial charge is 0.162 e. The minimum Gasteiger partial charge on any atom is -0.491 e. The molecule has 3 aromatic rings. The number of aliphatic hydroxyl groups is 1. The van der Waals surface area contributed by atoms with E-state index in [1.807, 2.05) is 45.0 Å². The Morgan fingerprint density at radius 2 is 2.12 bits per heavy atom. The van der Waals surface area contributed by atoms with Gasteiger partial charge >= 0.3 is 0 Å². The van der Waals surface area contributed by atoms with Gasteiger partial charge in [-0.2, -0.15) is 0 Å². The molecule has 9 heteroatoms. The van der Waals surface area contributed by atoms with E-state index in [-0.39, 0.29) is 6.61 Å². The van der Waals surface area contributed by atoms with E-state index in [9.17, 15) is 5.11 Å². The van der Waals surface area contributed by atoms with E-state index in [0.29, 0.717) is 24.2 Å². The lowest BCUT2D eigenvalue weighted by molar-refractivity contribution is 0.108. The fourth-order valence-corrected chi connectivity index (χ4v) is 4.03. The summed E-state index contributed by atoms with van der Waals surface area (Å²) < 4.78 is 11.2. The molecule has 0 bridgehead atoms. The van der Waals surface area contributed by atoms with Crippen LogP contribution in [0.5, 0.6) is 5.75 Å². The number of hydrogen-bond acceptors (Lipinski definition) is 9. The number of nitrogens with zero attached hydrogens (tertiary/aromatic N) is 3. The third-order valence-electron chi connectivity index (χ3n) is 5.79. The summed E-state index contributed by atoms with van der Waals surface area (Å²) in [6, 6.07) is 7.94. The molecule has 0 radical (unpaired) electrons. The number of aryl methyl sites for hydroxylation is 2. The third-order valence-corrected chi connectivity index (χ3v) is 5.79. The van der Waals surface area contributed by atoms with Crippen molar-refractivity contribution in [2.75, 3.05) is 38.6 Å². The number of hydrogen-bond donors (Lipinski definition) is 4. The number of anilines is 1. The molecule has 0 spiro atoms. The first-order valence-corrected chi connectivity index (χ1v) is 11.3. The van der Waals surface area contributed by atoms with E-state index >= 15 is 0 Å². The first-order valence-electron chi connectivity index (χ1n) is 11.3. The molecule has 4 rings (SSSR count). The highest BCUT2D eigenvalue weighted by Crippen LogP contribution is 2.34. The van der Waals surface area contributed by atoms with Crippen LogP contribution in [0.3, 0.4) is 0 Å². The zero-order valence-corrected chi connectivity index (χ0v) is 19.6. The van der Waals surface area contributed by atoms with Crippen LogP contribution in [0.25, 0.3) is 22.6 Å². The van der Waals surface area contributed by atoms with Crippen LogP contribution in [0, 0.1) is 20.8 Å². The van der Waals surface area contributed by atoms with Crippen molar-refractivity contribution >= 4 is 5.82 Å². The molecule has 0 aliphatic carbocycles. The topological polar surface area (TPSA) is 117 Å². The van der Waals surface area contributed by atoms with Crippen LogP contribution in [0.15, 0.2) is 28.8 Å². The summed E-state index contributed by atoms with van der Waals surface area (Å²) in [5.41, 5.74) is 4.29. The van der Waals surface area contributed by atoms with E-state index in [1.54, 1.807) is 7.05 Å². The van der Waals surface area contributed by atoms with Gasteiger partial charge in [0.2, 0.25) is 0 Å². The molecule has 2 aromatic heterocycles. The first-order chi connectivity index (χ1) is 16.0. The summed E-state index contributed by atoms with van der Waals surface area (Å²) in [6.45, 7) is 8.40. The highest BCUT2D eigenvalue weighted by atomic mass is 16.5. The van der Waals surface area contributed by atoms with E-state index < -0.39 is 6.10 Å². The molecule has 176 valence electrons. The maximum atomic E-state index is 9.95. The van der Waals surface area contributed by atoms with Crippen molar-refractivity contribution in [1.82, 2.24) is 25.8 Å². The van der Waals surface area contributed by atoms with E-state index in [1.165, 1.54) is 0 Å². The Labute approximate surface area is 194 Å². The minimum atomic E-state index is -0.587. The largest absolute Gasteiger partial charge is 0.491 e. The van der Waals surface area contributed by atoms with Gasteiger partial charge in [0.1, 0.15) is 30.0 Å². The number of benzene rings is 1. The number of aliphatic hydroxyl groups excluding tert-OH is 1. The lowest BCUT2D eigenvalue weighted by Crippen LogP contribution is -2.29. The van der Waals surface area contributed by atoms with Gasteiger partial charge in [-0.05, 0) is 52.9 Å². The predicted molar refractivity (Wildman–Crippen MR) is 128 cm³/mol. The Bertz CT molecular complexity index is 1070. The molecule has 4 N–H and O–H groups in total. The minimum absolute atomic E-state index is 0.199. The third kappa shape index (κ3) is 5.32. The lowest BCUT2D eigenvalue weighted by Gasteiger charge is -2.18. The molecule has 1 aliphatic heterocycles. The van der Waals surface area contributed by atoms with Crippen LogP contribution in [-0.4, -0.2) is 65.7 Å². The molecule has 3 heterocycles. The molecule has 0 amide bonds. The molecule has 33 heavy (non-hydrogen) atoms. The first kappa shape index (κ1) is 23.2. The van der Waals surface area contributed by atoms with Gasteiger partial charge in [-0.25, -0.2) is 9.97 Å². The Morgan fingerprint density at radius 1 is 1.27 bits per heavy atom. The van der Waals surface area contributed by atoms with Crippen molar-refractivity contribution < 1.29 is 14.4 Å². The lowest BCUT2D eigenvalue weighted by atomic mass is 10.0. The zero-order chi connectivity index (χ0) is 23.4. The van der Waals surface area contributed by atoms with Crippen LogP contribution in [-0.2, 0) is 0 Å². The number of ether oxygens (including phenoxy) is 1. The molecule has 1 fully saturated rings.